The average Bonchev–Trinajstić information content (AvgIpc) is 2.24. The summed E-state index contributed by atoms with van der Waals surface area (Å²) < 4.78 is 75.3. The third-order valence-electron chi connectivity index (χ3n) is 2.22. The van der Waals surface area contributed by atoms with Crippen molar-refractivity contribution in [2.75, 3.05) is 0 Å². The lowest BCUT2D eigenvalue weighted by Gasteiger charge is -2.17. The number of hydrogen-bond donors (Lipinski definition) is 0. The molecule has 0 fully saturated rings. The van der Waals surface area contributed by atoms with Crippen LogP contribution in [0, 0.1) is 0 Å². The van der Waals surface area contributed by atoms with Crippen molar-refractivity contribution in [1.29, 1.82) is 0 Å². The second-order valence-electron chi connectivity index (χ2n) is 3.30. The molecule has 0 saturated heterocycles. The van der Waals surface area contributed by atoms with Gasteiger partial charge in [-0.3, -0.25) is 4.79 Å². The predicted octanol–water partition coefficient (Wildman–Crippen LogP) is 4.43. The van der Waals surface area contributed by atoms with E-state index in [0.717, 1.165) is 0 Å². The van der Waals surface area contributed by atoms with Crippen LogP contribution in [0.15, 0.2) is 12.1 Å². The maximum Gasteiger partial charge on any atom is 0.417 e. The first kappa shape index (κ1) is 15.0. The molecular formula is C10H5BrF6O. The maximum atomic E-state index is 12.6. The Balaban J connectivity index is 3.62. The van der Waals surface area contributed by atoms with Crippen molar-refractivity contribution in [1.82, 2.24) is 0 Å². The van der Waals surface area contributed by atoms with Crippen LogP contribution in [0.4, 0.5) is 26.3 Å². The fourth-order valence-corrected chi connectivity index (χ4v) is 2.06. The Morgan fingerprint density at radius 3 is 1.78 bits per heavy atom. The van der Waals surface area contributed by atoms with E-state index in [2.05, 4.69) is 15.9 Å². The van der Waals surface area contributed by atoms with Crippen LogP contribution >= 0.6 is 15.9 Å². The lowest BCUT2D eigenvalue weighted by molar-refractivity contribution is -0.141. The second kappa shape index (κ2) is 4.91. The molecule has 8 heteroatoms. The first-order valence-electron chi connectivity index (χ1n) is 4.44. The van der Waals surface area contributed by atoms with Crippen LogP contribution in [0.5, 0.6) is 0 Å². The third kappa shape index (κ3) is 2.85. The van der Waals surface area contributed by atoms with E-state index >= 15 is 0 Å². The van der Waals surface area contributed by atoms with Crippen LogP contribution in [0.3, 0.4) is 0 Å². The van der Waals surface area contributed by atoms with Crippen molar-refractivity contribution in [3.63, 3.8) is 0 Å². The van der Waals surface area contributed by atoms with Crippen molar-refractivity contribution >= 4 is 22.2 Å². The molecule has 0 saturated carbocycles. The van der Waals surface area contributed by atoms with Crippen molar-refractivity contribution in [3.05, 3.63) is 34.4 Å². The summed E-state index contributed by atoms with van der Waals surface area (Å²) in [7, 11) is 0. The first-order valence-corrected chi connectivity index (χ1v) is 5.56. The zero-order valence-corrected chi connectivity index (χ0v) is 10.1. The molecule has 1 rings (SSSR count). The van der Waals surface area contributed by atoms with Gasteiger partial charge in [-0.15, -0.1) is 0 Å². The van der Waals surface area contributed by atoms with Crippen molar-refractivity contribution < 1.29 is 31.1 Å². The normalized spacial score (nSPS) is 12.6. The zero-order valence-electron chi connectivity index (χ0n) is 8.49. The monoisotopic (exact) mass is 334 g/mol. The van der Waals surface area contributed by atoms with Crippen LogP contribution in [-0.2, 0) is 17.7 Å². The molecule has 0 atom stereocenters. The van der Waals surface area contributed by atoms with Gasteiger partial charge in [-0.05, 0) is 17.7 Å². The molecule has 0 aliphatic heterocycles. The summed E-state index contributed by atoms with van der Waals surface area (Å²) in [5, 5.41) is -0.500. The summed E-state index contributed by atoms with van der Waals surface area (Å²) in [6.07, 6.45) is -9.91. The van der Waals surface area contributed by atoms with E-state index in [1.54, 1.807) is 0 Å². The van der Waals surface area contributed by atoms with Gasteiger partial charge in [0.1, 0.15) is 0 Å². The molecule has 18 heavy (non-hydrogen) atoms. The van der Waals surface area contributed by atoms with Gasteiger partial charge in [-0.25, -0.2) is 0 Å². The molecule has 0 N–H and O–H groups in total. The van der Waals surface area contributed by atoms with Gasteiger partial charge in [0.05, 0.1) is 11.1 Å². The number of aldehydes is 1. The molecule has 0 aliphatic carbocycles. The predicted molar refractivity (Wildman–Crippen MR) is 54.5 cm³/mol. The van der Waals surface area contributed by atoms with E-state index in [9.17, 15) is 31.1 Å². The molecule has 100 valence electrons. The summed E-state index contributed by atoms with van der Waals surface area (Å²) in [6.45, 7) is 0. The second-order valence-corrected chi connectivity index (χ2v) is 3.86. The van der Waals surface area contributed by atoms with E-state index in [1.165, 1.54) is 0 Å². The topological polar surface area (TPSA) is 17.1 Å². The Labute approximate surface area is 106 Å². The summed E-state index contributed by atoms with van der Waals surface area (Å²) in [5.74, 6) is 0. The minimum atomic E-state index is -4.88. The molecular weight excluding hydrogens is 330 g/mol. The molecule has 0 aromatic heterocycles. The number of carbonyl (C=O) groups excluding carboxylic acids is 1. The molecule has 0 amide bonds. The molecule has 0 aliphatic rings. The summed E-state index contributed by atoms with van der Waals surface area (Å²) in [4.78, 5) is 10.6. The van der Waals surface area contributed by atoms with E-state index < -0.39 is 39.9 Å². The Kier molecular flexibility index (Phi) is 4.09. The molecule has 1 aromatic carbocycles. The standard InChI is InChI=1S/C10H5BrF6O/c11-3-5-6(4-18)8(10(15,16)17)2-1-7(5)9(12,13)14/h1-2,4H,3H2. The van der Waals surface area contributed by atoms with Gasteiger partial charge >= 0.3 is 12.4 Å². The smallest absolute Gasteiger partial charge is 0.298 e. The molecule has 1 nitrogen and oxygen atoms in total. The number of benzene rings is 1. The Bertz CT molecular complexity index is 463. The van der Waals surface area contributed by atoms with Gasteiger partial charge in [0.15, 0.2) is 6.29 Å². The van der Waals surface area contributed by atoms with E-state index in [4.69, 9.17) is 0 Å². The van der Waals surface area contributed by atoms with Crippen molar-refractivity contribution in [2.45, 2.75) is 17.7 Å². The number of alkyl halides is 7. The quantitative estimate of drug-likeness (QED) is 0.444. The number of hydrogen-bond acceptors (Lipinski definition) is 1. The van der Waals surface area contributed by atoms with Gasteiger partial charge in [-0.1, -0.05) is 15.9 Å². The number of halogens is 7. The van der Waals surface area contributed by atoms with Crippen LogP contribution in [0.1, 0.15) is 27.0 Å². The molecule has 1 aromatic rings. The average molecular weight is 335 g/mol. The summed E-state index contributed by atoms with van der Waals surface area (Å²) >= 11 is 2.67. The van der Waals surface area contributed by atoms with Gasteiger partial charge in [0, 0.05) is 10.9 Å². The van der Waals surface area contributed by atoms with Gasteiger partial charge in [-0.2, -0.15) is 26.3 Å². The Morgan fingerprint density at radius 2 is 1.44 bits per heavy atom. The minimum absolute atomic E-state index is 0.214. The van der Waals surface area contributed by atoms with E-state index in [-0.39, 0.29) is 12.4 Å². The van der Waals surface area contributed by atoms with Crippen LogP contribution in [0.2, 0.25) is 0 Å². The molecule has 0 radical (unpaired) electrons. The highest BCUT2D eigenvalue weighted by Gasteiger charge is 2.39. The first-order chi connectivity index (χ1) is 8.12. The maximum absolute atomic E-state index is 12.6. The van der Waals surface area contributed by atoms with Gasteiger partial charge in [0.2, 0.25) is 0 Å². The SMILES string of the molecule is O=Cc1c(C(F)(F)F)ccc(C(F)(F)F)c1CBr. The number of carbonyl (C=O) groups is 1. The third-order valence-corrected chi connectivity index (χ3v) is 2.78. The molecule has 0 spiro atoms. The van der Waals surface area contributed by atoms with E-state index in [1.807, 2.05) is 0 Å². The lowest BCUT2D eigenvalue weighted by atomic mass is 9.97. The summed E-state index contributed by atoms with van der Waals surface area (Å²) in [5.41, 5.74) is -4.34. The van der Waals surface area contributed by atoms with Crippen LogP contribution < -0.4 is 0 Å². The summed E-state index contributed by atoms with van der Waals surface area (Å²) in [6, 6.07) is 0.588. The Morgan fingerprint density at radius 1 is 1.00 bits per heavy atom. The van der Waals surface area contributed by atoms with Crippen LogP contribution in [0.25, 0.3) is 0 Å². The zero-order chi connectivity index (χ0) is 14.1. The van der Waals surface area contributed by atoms with Crippen LogP contribution in [-0.4, -0.2) is 6.29 Å². The highest BCUT2D eigenvalue weighted by molar-refractivity contribution is 9.08. The molecule has 0 unspecified atom stereocenters. The van der Waals surface area contributed by atoms with Gasteiger partial charge < -0.3 is 0 Å². The fraction of sp³-hybridized carbons (Fsp3) is 0.300. The Hall–Kier alpha value is -1.05. The molecule has 0 bridgehead atoms. The lowest BCUT2D eigenvalue weighted by Crippen LogP contribution is -2.16. The largest absolute Gasteiger partial charge is 0.417 e. The number of rotatable bonds is 2. The van der Waals surface area contributed by atoms with Crippen molar-refractivity contribution in [2.24, 2.45) is 0 Å². The fourth-order valence-electron chi connectivity index (χ4n) is 1.46. The highest BCUT2D eigenvalue weighted by Crippen LogP contribution is 2.39. The highest BCUT2D eigenvalue weighted by atomic mass is 79.9. The van der Waals surface area contributed by atoms with E-state index in [0.29, 0.717) is 6.07 Å². The minimum Gasteiger partial charge on any atom is -0.298 e. The van der Waals surface area contributed by atoms with Gasteiger partial charge in [0.25, 0.3) is 0 Å². The molecule has 0 heterocycles. The van der Waals surface area contributed by atoms with Crippen molar-refractivity contribution in [3.8, 4) is 0 Å².